The van der Waals surface area contributed by atoms with Crippen molar-refractivity contribution in [1.29, 1.82) is 0 Å². The topological polar surface area (TPSA) is 12.9 Å². The monoisotopic (exact) mass is 183 g/mol. The van der Waals surface area contributed by atoms with Gasteiger partial charge in [0.15, 0.2) is 0 Å². The van der Waals surface area contributed by atoms with Crippen LogP contribution in [0, 0.1) is 6.92 Å². The van der Waals surface area contributed by atoms with Gasteiger partial charge in [0.2, 0.25) is 0 Å². The number of aromatic nitrogens is 1. The van der Waals surface area contributed by atoms with Gasteiger partial charge in [0, 0.05) is 17.3 Å². The molecule has 1 unspecified atom stereocenters. The summed E-state index contributed by atoms with van der Waals surface area (Å²) >= 11 is 5.84. The number of rotatable bonds is 3. The molecule has 0 saturated carbocycles. The molecule has 0 bridgehead atoms. The summed E-state index contributed by atoms with van der Waals surface area (Å²) in [6.45, 7) is 4.01. The Hall–Kier alpha value is -0.560. The fraction of sp³-hybridized carbons (Fsp3) is 0.500. The molecular formula is C10H14ClN. The Morgan fingerprint density at radius 2 is 2.25 bits per heavy atom. The number of hydrogen-bond acceptors (Lipinski definition) is 1. The zero-order chi connectivity index (χ0) is 8.97. The van der Waals surface area contributed by atoms with E-state index in [2.05, 4.69) is 11.1 Å². The summed E-state index contributed by atoms with van der Waals surface area (Å²) in [5.74, 6) is 0. The van der Waals surface area contributed by atoms with Crippen LogP contribution in [0.15, 0.2) is 18.3 Å². The second-order valence-corrected chi connectivity index (χ2v) is 3.87. The van der Waals surface area contributed by atoms with E-state index in [0.29, 0.717) is 0 Å². The minimum Gasteiger partial charge on any atom is -0.261 e. The lowest BCUT2D eigenvalue weighted by Crippen LogP contribution is -1.95. The van der Waals surface area contributed by atoms with E-state index < -0.39 is 0 Å². The minimum atomic E-state index is 0.256. The van der Waals surface area contributed by atoms with Gasteiger partial charge in [0.1, 0.15) is 0 Å². The zero-order valence-corrected chi connectivity index (χ0v) is 8.30. The van der Waals surface area contributed by atoms with Gasteiger partial charge in [-0.25, -0.2) is 0 Å². The molecule has 1 nitrogen and oxygen atoms in total. The molecule has 12 heavy (non-hydrogen) atoms. The highest BCUT2D eigenvalue weighted by molar-refractivity contribution is 6.20. The molecule has 0 fully saturated rings. The van der Waals surface area contributed by atoms with Gasteiger partial charge in [-0.1, -0.05) is 6.07 Å². The van der Waals surface area contributed by atoms with Crippen molar-refractivity contribution in [2.45, 2.75) is 32.1 Å². The second-order valence-electron chi connectivity index (χ2n) is 3.13. The van der Waals surface area contributed by atoms with E-state index in [1.807, 2.05) is 26.1 Å². The smallest absolute Gasteiger partial charge is 0.0372 e. The predicted molar refractivity (Wildman–Crippen MR) is 52.6 cm³/mol. The maximum Gasteiger partial charge on any atom is 0.0372 e. The molecule has 1 aromatic rings. The van der Waals surface area contributed by atoms with E-state index in [-0.39, 0.29) is 5.38 Å². The molecule has 1 heterocycles. The highest BCUT2D eigenvalue weighted by atomic mass is 35.5. The maximum absolute atomic E-state index is 5.84. The van der Waals surface area contributed by atoms with Gasteiger partial charge >= 0.3 is 0 Å². The predicted octanol–water partition coefficient (Wildman–Crippen LogP) is 2.95. The first-order valence-corrected chi connectivity index (χ1v) is 4.67. The van der Waals surface area contributed by atoms with Crippen LogP contribution >= 0.6 is 11.6 Å². The Bertz CT molecular complexity index is 228. The van der Waals surface area contributed by atoms with Crippen LogP contribution in [0.4, 0.5) is 0 Å². The summed E-state index contributed by atoms with van der Waals surface area (Å²) < 4.78 is 0. The highest BCUT2D eigenvalue weighted by Crippen LogP contribution is 2.07. The van der Waals surface area contributed by atoms with Crippen molar-refractivity contribution in [3.63, 3.8) is 0 Å². The number of nitrogens with zero attached hydrogens (tertiary/aromatic N) is 1. The van der Waals surface area contributed by atoms with E-state index in [1.54, 1.807) is 0 Å². The molecule has 1 rings (SSSR count). The summed E-state index contributed by atoms with van der Waals surface area (Å²) in [4.78, 5) is 4.21. The molecule has 0 N–H and O–H groups in total. The third-order valence-electron chi connectivity index (χ3n) is 1.80. The fourth-order valence-corrected chi connectivity index (χ4v) is 1.12. The fourth-order valence-electron chi connectivity index (χ4n) is 1.01. The summed E-state index contributed by atoms with van der Waals surface area (Å²) in [7, 11) is 0. The number of hydrogen-bond donors (Lipinski definition) is 0. The quantitative estimate of drug-likeness (QED) is 0.657. The van der Waals surface area contributed by atoms with E-state index in [1.165, 1.54) is 5.56 Å². The molecule has 0 saturated heterocycles. The molecule has 0 aliphatic heterocycles. The summed E-state index contributed by atoms with van der Waals surface area (Å²) in [5.41, 5.74) is 2.34. The van der Waals surface area contributed by atoms with Gasteiger partial charge in [-0.05, 0) is 38.3 Å². The van der Waals surface area contributed by atoms with Gasteiger partial charge in [-0.3, -0.25) is 4.98 Å². The first-order valence-electron chi connectivity index (χ1n) is 4.24. The highest BCUT2D eigenvalue weighted by Gasteiger charge is 1.97. The van der Waals surface area contributed by atoms with E-state index >= 15 is 0 Å². The normalized spacial score (nSPS) is 12.9. The Kier molecular flexibility index (Phi) is 3.54. The van der Waals surface area contributed by atoms with E-state index in [0.717, 1.165) is 18.5 Å². The van der Waals surface area contributed by atoms with Gasteiger partial charge in [0.25, 0.3) is 0 Å². The minimum absolute atomic E-state index is 0.256. The molecular weight excluding hydrogens is 170 g/mol. The average Bonchev–Trinajstić information content (AvgIpc) is 2.03. The van der Waals surface area contributed by atoms with Gasteiger partial charge in [0.05, 0.1) is 0 Å². The van der Waals surface area contributed by atoms with Crippen LogP contribution in [0.3, 0.4) is 0 Å². The van der Waals surface area contributed by atoms with Crippen molar-refractivity contribution in [1.82, 2.24) is 4.98 Å². The lowest BCUT2D eigenvalue weighted by molar-refractivity contribution is 0.799. The summed E-state index contributed by atoms with van der Waals surface area (Å²) in [6, 6.07) is 4.15. The molecule has 0 aliphatic rings. The SMILES string of the molecule is Cc1ccc(CCC(C)Cl)cn1. The lowest BCUT2D eigenvalue weighted by atomic mass is 10.1. The van der Waals surface area contributed by atoms with Crippen molar-refractivity contribution >= 4 is 11.6 Å². The van der Waals surface area contributed by atoms with Crippen molar-refractivity contribution in [2.75, 3.05) is 0 Å². The number of halogens is 1. The summed E-state index contributed by atoms with van der Waals surface area (Å²) in [5, 5.41) is 0.256. The van der Waals surface area contributed by atoms with Crippen molar-refractivity contribution in [2.24, 2.45) is 0 Å². The molecule has 0 radical (unpaired) electrons. The van der Waals surface area contributed by atoms with Crippen LogP contribution < -0.4 is 0 Å². The zero-order valence-electron chi connectivity index (χ0n) is 7.55. The molecule has 0 aromatic carbocycles. The van der Waals surface area contributed by atoms with E-state index in [9.17, 15) is 0 Å². The summed E-state index contributed by atoms with van der Waals surface area (Å²) in [6.07, 6.45) is 3.97. The Morgan fingerprint density at radius 1 is 1.50 bits per heavy atom. The number of aryl methyl sites for hydroxylation is 2. The number of alkyl halides is 1. The molecule has 2 heteroatoms. The molecule has 0 spiro atoms. The van der Waals surface area contributed by atoms with Crippen molar-refractivity contribution in [3.8, 4) is 0 Å². The van der Waals surface area contributed by atoms with Crippen LogP contribution in [0.1, 0.15) is 24.6 Å². The van der Waals surface area contributed by atoms with Crippen LogP contribution in [-0.4, -0.2) is 10.4 Å². The third kappa shape index (κ3) is 3.22. The largest absolute Gasteiger partial charge is 0.261 e. The first kappa shape index (κ1) is 9.53. The standard InChI is InChI=1S/C10H14ClN/c1-8(11)3-5-10-6-4-9(2)12-7-10/h4,6-8H,3,5H2,1-2H3. The Morgan fingerprint density at radius 3 is 2.75 bits per heavy atom. The lowest BCUT2D eigenvalue weighted by Gasteiger charge is -2.02. The Labute approximate surface area is 78.8 Å². The number of pyridine rings is 1. The van der Waals surface area contributed by atoms with Crippen molar-refractivity contribution in [3.05, 3.63) is 29.6 Å². The van der Waals surface area contributed by atoms with Gasteiger partial charge < -0.3 is 0 Å². The van der Waals surface area contributed by atoms with E-state index in [4.69, 9.17) is 11.6 Å². The van der Waals surface area contributed by atoms with Gasteiger partial charge in [-0.2, -0.15) is 0 Å². The van der Waals surface area contributed by atoms with Crippen LogP contribution in [0.2, 0.25) is 0 Å². The molecule has 0 amide bonds. The Balaban J connectivity index is 2.48. The maximum atomic E-state index is 5.84. The van der Waals surface area contributed by atoms with Crippen LogP contribution in [-0.2, 0) is 6.42 Å². The molecule has 0 aliphatic carbocycles. The van der Waals surface area contributed by atoms with Crippen LogP contribution in [0.5, 0.6) is 0 Å². The average molecular weight is 184 g/mol. The second kappa shape index (κ2) is 4.46. The van der Waals surface area contributed by atoms with Gasteiger partial charge in [-0.15, -0.1) is 11.6 Å². The molecule has 1 atom stereocenters. The van der Waals surface area contributed by atoms with Crippen LogP contribution in [0.25, 0.3) is 0 Å². The molecule has 1 aromatic heterocycles. The van der Waals surface area contributed by atoms with Crippen molar-refractivity contribution < 1.29 is 0 Å². The third-order valence-corrected chi connectivity index (χ3v) is 2.02. The molecule has 66 valence electrons. The first-order chi connectivity index (χ1) is 5.68.